The third-order valence-electron chi connectivity index (χ3n) is 8.19. The van der Waals surface area contributed by atoms with Crippen LogP contribution in [-0.4, -0.2) is 82.9 Å². The zero-order valence-electron chi connectivity index (χ0n) is 36.0. The molecule has 0 bridgehead atoms. The first-order chi connectivity index (χ1) is 29.0. The van der Waals surface area contributed by atoms with Crippen LogP contribution in [0.1, 0.15) is 110 Å². The SMILES string of the molecule is CC/C=C\C/C=C\C/C=C\C/C=C\C/C=C\CCCCCC(=O)O[C@H](COC(=O)CCC[C@H](O)[C@@H](O)\C=C/C=C\C=C\C=C\[C@H](O)C/C=C\CC)COP(=O)(O)OCCN. The Bertz CT molecular complexity index is 1440. The Morgan fingerprint density at radius 2 is 1.18 bits per heavy atom. The van der Waals surface area contributed by atoms with Gasteiger partial charge in [0.1, 0.15) is 6.61 Å². The zero-order chi connectivity index (χ0) is 44.4. The Balaban J connectivity index is 4.58. The van der Waals surface area contributed by atoms with Gasteiger partial charge in [0.05, 0.1) is 31.5 Å². The number of phosphoric ester groups is 1. The fraction of sp³-hybridized carbons (Fsp3) is 0.532. The summed E-state index contributed by atoms with van der Waals surface area (Å²) in [5.41, 5.74) is 5.32. The van der Waals surface area contributed by atoms with Crippen molar-refractivity contribution in [3.63, 3.8) is 0 Å². The van der Waals surface area contributed by atoms with Gasteiger partial charge in [-0.05, 0) is 77.0 Å². The summed E-state index contributed by atoms with van der Waals surface area (Å²) >= 11 is 0. The molecule has 12 nitrogen and oxygen atoms in total. The van der Waals surface area contributed by atoms with Crippen LogP contribution >= 0.6 is 7.82 Å². The van der Waals surface area contributed by atoms with Crippen molar-refractivity contribution in [3.8, 4) is 0 Å². The van der Waals surface area contributed by atoms with Crippen LogP contribution < -0.4 is 5.73 Å². The zero-order valence-corrected chi connectivity index (χ0v) is 36.9. The molecule has 0 saturated heterocycles. The highest BCUT2D eigenvalue weighted by molar-refractivity contribution is 7.47. The molecule has 0 aromatic carbocycles. The number of unbranched alkanes of at least 4 members (excludes halogenated alkanes) is 3. The van der Waals surface area contributed by atoms with Crippen molar-refractivity contribution in [1.29, 1.82) is 0 Å². The molecule has 0 aliphatic rings. The number of carbonyl (C=O) groups is 2. The molecule has 0 amide bonds. The van der Waals surface area contributed by atoms with Gasteiger partial charge >= 0.3 is 19.8 Å². The molecule has 338 valence electrons. The van der Waals surface area contributed by atoms with E-state index < -0.39 is 57.4 Å². The molecule has 0 rings (SSSR count). The molecule has 0 heterocycles. The van der Waals surface area contributed by atoms with Crippen LogP contribution in [0.25, 0.3) is 0 Å². The van der Waals surface area contributed by atoms with Crippen molar-refractivity contribution in [1.82, 2.24) is 0 Å². The molecule has 5 atom stereocenters. The number of nitrogens with two attached hydrogens (primary N) is 1. The molecule has 0 aliphatic carbocycles. The number of allylic oxidation sites excluding steroid dienone is 17. The van der Waals surface area contributed by atoms with Gasteiger partial charge in [0, 0.05) is 19.4 Å². The van der Waals surface area contributed by atoms with Gasteiger partial charge in [-0.1, -0.05) is 142 Å². The number of rotatable bonds is 37. The smallest absolute Gasteiger partial charge is 0.462 e. The van der Waals surface area contributed by atoms with Crippen LogP contribution in [0, 0.1) is 0 Å². The summed E-state index contributed by atoms with van der Waals surface area (Å²) in [7, 11) is -4.48. The maximum absolute atomic E-state index is 12.6. The van der Waals surface area contributed by atoms with E-state index in [4.69, 9.17) is 24.3 Å². The van der Waals surface area contributed by atoms with E-state index in [1.807, 2.05) is 19.1 Å². The van der Waals surface area contributed by atoms with Crippen molar-refractivity contribution in [3.05, 3.63) is 122 Å². The molecule has 0 fully saturated rings. The Morgan fingerprint density at radius 1 is 0.633 bits per heavy atom. The summed E-state index contributed by atoms with van der Waals surface area (Å²) in [6.45, 7) is 2.95. The Kier molecular flexibility index (Phi) is 38.2. The van der Waals surface area contributed by atoms with Crippen LogP contribution in [0.4, 0.5) is 0 Å². The van der Waals surface area contributed by atoms with Crippen LogP contribution in [0.15, 0.2) is 122 Å². The van der Waals surface area contributed by atoms with Gasteiger partial charge in [-0.2, -0.15) is 0 Å². The first kappa shape index (κ1) is 56.3. The Morgan fingerprint density at radius 3 is 1.80 bits per heavy atom. The normalized spacial score (nSPS) is 16.1. The van der Waals surface area contributed by atoms with Crippen molar-refractivity contribution in [2.75, 3.05) is 26.4 Å². The minimum Gasteiger partial charge on any atom is -0.462 e. The quantitative estimate of drug-likeness (QED) is 0.0131. The van der Waals surface area contributed by atoms with E-state index in [9.17, 15) is 34.4 Å². The molecule has 0 aromatic heterocycles. The summed E-state index contributed by atoms with van der Waals surface area (Å²) in [5, 5.41) is 30.4. The molecular formula is C47H74NO11P. The summed E-state index contributed by atoms with van der Waals surface area (Å²) in [6, 6.07) is 0. The number of phosphoric acid groups is 1. The monoisotopic (exact) mass is 859 g/mol. The predicted molar refractivity (Wildman–Crippen MR) is 242 cm³/mol. The first-order valence-corrected chi connectivity index (χ1v) is 22.8. The lowest BCUT2D eigenvalue weighted by Gasteiger charge is -2.20. The van der Waals surface area contributed by atoms with E-state index >= 15 is 0 Å². The van der Waals surface area contributed by atoms with Crippen LogP contribution in [-0.2, 0) is 32.7 Å². The minimum atomic E-state index is -4.48. The van der Waals surface area contributed by atoms with Crippen molar-refractivity contribution >= 4 is 19.8 Å². The number of aliphatic hydroxyl groups excluding tert-OH is 3. The van der Waals surface area contributed by atoms with E-state index in [2.05, 4.69) is 67.7 Å². The third kappa shape index (κ3) is 38.5. The maximum atomic E-state index is 12.6. The number of aliphatic hydroxyl groups is 3. The summed E-state index contributed by atoms with van der Waals surface area (Å²) < 4.78 is 32.5. The second kappa shape index (κ2) is 40.7. The van der Waals surface area contributed by atoms with Gasteiger partial charge in [-0.25, -0.2) is 4.57 Å². The fourth-order valence-electron chi connectivity index (χ4n) is 4.94. The molecule has 0 aliphatic heterocycles. The Labute approximate surface area is 359 Å². The number of hydrogen-bond acceptors (Lipinski definition) is 11. The van der Waals surface area contributed by atoms with Crippen molar-refractivity contribution in [2.24, 2.45) is 5.73 Å². The molecule has 60 heavy (non-hydrogen) atoms. The second-order valence-electron chi connectivity index (χ2n) is 13.7. The second-order valence-corrected chi connectivity index (χ2v) is 15.1. The largest absolute Gasteiger partial charge is 0.472 e. The van der Waals surface area contributed by atoms with E-state index in [0.29, 0.717) is 12.8 Å². The molecule has 1 unspecified atom stereocenters. The van der Waals surface area contributed by atoms with Crippen molar-refractivity contribution < 1.29 is 52.9 Å². The van der Waals surface area contributed by atoms with Gasteiger partial charge in [-0.15, -0.1) is 0 Å². The van der Waals surface area contributed by atoms with Gasteiger partial charge in [0.2, 0.25) is 0 Å². The Hall–Kier alpha value is -3.71. The molecule has 13 heteroatoms. The molecule has 0 radical (unpaired) electrons. The van der Waals surface area contributed by atoms with Crippen LogP contribution in [0.2, 0.25) is 0 Å². The van der Waals surface area contributed by atoms with Crippen molar-refractivity contribution in [2.45, 2.75) is 135 Å². The molecule has 6 N–H and O–H groups in total. The van der Waals surface area contributed by atoms with E-state index in [-0.39, 0.29) is 38.8 Å². The fourth-order valence-corrected chi connectivity index (χ4v) is 5.71. The maximum Gasteiger partial charge on any atom is 0.472 e. The van der Waals surface area contributed by atoms with Crippen LogP contribution in [0.5, 0.6) is 0 Å². The number of hydrogen-bond donors (Lipinski definition) is 5. The lowest BCUT2D eigenvalue weighted by atomic mass is 10.1. The molecule has 0 spiro atoms. The van der Waals surface area contributed by atoms with E-state index in [1.165, 1.54) is 6.08 Å². The molecule has 0 saturated carbocycles. The third-order valence-corrected chi connectivity index (χ3v) is 9.17. The topological polar surface area (TPSA) is 195 Å². The summed E-state index contributed by atoms with van der Waals surface area (Å²) in [5.74, 6) is -1.22. The number of carbonyl (C=O) groups excluding carboxylic acids is 2. The summed E-state index contributed by atoms with van der Waals surface area (Å²) in [6.07, 6.45) is 44.6. The molecule has 0 aromatic rings. The number of esters is 2. The summed E-state index contributed by atoms with van der Waals surface area (Å²) in [4.78, 5) is 34.9. The highest BCUT2D eigenvalue weighted by atomic mass is 31.2. The first-order valence-electron chi connectivity index (χ1n) is 21.3. The highest BCUT2D eigenvalue weighted by Crippen LogP contribution is 2.43. The average molecular weight is 860 g/mol. The standard InChI is InChI=1S/C47H74NO11P/c1-3-5-7-8-9-10-11-12-13-14-15-16-17-18-19-20-21-26-30-36-47(53)59-43(41-58-60(54,55)57-39-38-48)40-56-46(52)37-31-35-45(51)44(50)34-29-25-23-22-24-28-33-42(49)32-27-6-4-2/h5-7,9-10,12-13,15-16,18-19,22-25,27-29,33-34,42-45,49-51H,3-4,8,11,14,17,20-21,26,30-32,35-41,48H2,1-2H3,(H,54,55)/b7-5-,10-9-,13-12-,16-15-,19-18-,24-22+,25-23-,27-6-,33-28+,34-29-/t42-,43-,44+,45+/m1/s1. The number of ether oxygens (including phenoxy) is 2. The van der Waals surface area contributed by atoms with E-state index in [1.54, 1.807) is 42.5 Å². The van der Waals surface area contributed by atoms with E-state index in [0.717, 1.165) is 57.8 Å². The van der Waals surface area contributed by atoms with Crippen LogP contribution in [0.3, 0.4) is 0 Å². The van der Waals surface area contributed by atoms with Gasteiger partial charge in [-0.3, -0.25) is 18.6 Å². The molecular weight excluding hydrogens is 785 g/mol. The predicted octanol–water partition coefficient (Wildman–Crippen LogP) is 9.07. The minimum absolute atomic E-state index is 0.00925. The average Bonchev–Trinajstić information content (AvgIpc) is 3.22. The van der Waals surface area contributed by atoms with Gasteiger partial charge in [0.25, 0.3) is 0 Å². The lowest BCUT2D eigenvalue weighted by molar-refractivity contribution is -0.161. The lowest BCUT2D eigenvalue weighted by Crippen LogP contribution is -2.30. The van der Waals surface area contributed by atoms with Gasteiger partial charge < -0.3 is 35.4 Å². The van der Waals surface area contributed by atoms with Gasteiger partial charge in [0.15, 0.2) is 6.10 Å². The highest BCUT2D eigenvalue weighted by Gasteiger charge is 2.26.